The lowest BCUT2D eigenvalue weighted by molar-refractivity contribution is 0.0593. The number of rotatable bonds is 3. The van der Waals surface area contributed by atoms with Crippen molar-refractivity contribution >= 4 is 17.3 Å². The number of nitriles is 1. The van der Waals surface area contributed by atoms with Gasteiger partial charge in [-0.3, -0.25) is 0 Å². The van der Waals surface area contributed by atoms with Gasteiger partial charge in [-0.1, -0.05) is 18.2 Å². The molecule has 0 saturated carbocycles. The van der Waals surface area contributed by atoms with Crippen molar-refractivity contribution in [3.63, 3.8) is 0 Å². The van der Waals surface area contributed by atoms with Crippen molar-refractivity contribution < 1.29 is 9.53 Å². The van der Waals surface area contributed by atoms with Gasteiger partial charge in [0.2, 0.25) is 0 Å². The molecule has 2 N–H and O–H groups in total. The number of benzene rings is 1. The van der Waals surface area contributed by atoms with Crippen LogP contribution in [0.4, 0.5) is 5.69 Å². The fraction of sp³-hybridized carbons (Fsp3) is 0.0500. The second-order valence-corrected chi connectivity index (χ2v) is 5.92. The number of esters is 1. The fourth-order valence-electron chi connectivity index (χ4n) is 3.01. The standard InChI is InChI=1S/C20H15N5O2/c1-27-20(26)19-18(22)14(10-21)11-25(19)15-6-4-5-13(9-15)16-12-24-8-3-2-7-17(24)23-16/h2-9,11-12H,22H2,1H3. The first-order valence-corrected chi connectivity index (χ1v) is 8.16. The molecule has 27 heavy (non-hydrogen) atoms. The van der Waals surface area contributed by atoms with E-state index in [0.717, 1.165) is 16.9 Å². The fourth-order valence-corrected chi connectivity index (χ4v) is 3.01. The molecule has 0 radical (unpaired) electrons. The molecule has 4 aromatic rings. The summed E-state index contributed by atoms with van der Waals surface area (Å²) in [5.41, 5.74) is 9.60. The highest BCUT2D eigenvalue weighted by atomic mass is 16.5. The van der Waals surface area contributed by atoms with Gasteiger partial charge in [0.1, 0.15) is 11.7 Å². The molecule has 3 aromatic heterocycles. The molecule has 0 spiro atoms. The third kappa shape index (κ3) is 2.69. The number of anilines is 1. The first-order valence-electron chi connectivity index (χ1n) is 8.16. The minimum absolute atomic E-state index is 0.0995. The first-order chi connectivity index (χ1) is 13.1. The highest BCUT2D eigenvalue weighted by Gasteiger charge is 2.21. The number of nitrogens with zero attached hydrogens (tertiary/aromatic N) is 4. The molecule has 0 fully saturated rings. The normalized spacial score (nSPS) is 10.7. The maximum Gasteiger partial charge on any atom is 0.357 e. The number of hydrogen-bond donors (Lipinski definition) is 1. The number of pyridine rings is 1. The average molecular weight is 357 g/mol. The zero-order chi connectivity index (χ0) is 19.0. The summed E-state index contributed by atoms with van der Waals surface area (Å²) in [6, 6.07) is 15.3. The van der Waals surface area contributed by atoms with Crippen molar-refractivity contribution in [2.45, 2.75) is 0 Å². The Labute approximate surface area is 154 Å². The smallest absolute Gasteiger partial charge is 0.357 e. The van der Waals surface area contributed by atoms with Gasteiger partial charge < -0.3 is 19.4 Å². The molecule has 0 aliphatic carbocycles. The SMILES string of the molecule is COC(=O)c1c(N)c(C#N)cn1-c1cccc(-c2cn3ccccc3n2)c1. The lowest BCUT2D eigenvalue weighted by Crippen LogP contribution is -2.11. The predicted octanol–water partition coefficient (Wildman–Crippen LogP) is 3.03. The number of ether oxygens (including phenoxy) is 1. The number of fused-ring (bicyclic) bond motifs is 1. The van der Waals surface area contributed by atoms with E-state index in [4.69, 9.17) is 10.5 Å². The number of imidazole rings is 1. The second-order valence-electron chi connectivity index (χ2n) is 5.92. The van der Waals surface area contributed by atoms with Gasteiger partial charge in [0.15, 0.2) is 5.69 Å². The van der Waals surface area contributed by atoms with Crippen LogP contribution in [0.15, 0.2) is 61.1 Å². The van der Waals surface area contributed by atoms with E-state index in [9.17, 15) is 10.1 Å². The molecule has 132 valence electrons. The van der Waals surface area contributed by atoms with E-state index >= 15 is 0 Å². The molecule has 0 unspecified atom stereocenters. The number of carbonyl (C=O) groups is 1. The molecule has 0 aliphatic rings. The summed E-state index contributed by atoms with van der Waals surface area (Å²) in [7, 11) is 1.28. The number of carbonyl (C=O) groups excluding carboxylic acids is 1. The van der Waals surface area contributed by atoms with E-state index in [1.54, 1.807) is 4.57 Å². The maximum absolute atomic E-state index is 12.2. The quantitative estimate of drug-likeness (QED) is 0.568. The number of aromatic nitrogens is 3. The summed E-state index contributed by atoms with van der Waals surface area (Å²) in [6.45, 7) is 0. The Kier molecular flexibility index (Phi) is 3.86. The second kappa shape index (κ2) is 6.35. The summed E-state index contributed by atoms with van der Waals surface area (Å²) >= 11 is 0. The molecule has 0 saturated heterocycles. The molecular weight excluding hydrogens is 342 g/mol. The summed E-state index contributed by atoms with van der Waals surface area (Å²) in [6.07, 6.45) is 5.39. The minimum Gasteiger partial charge on any atom is -0.464 e. The highest BCUT2D eigenvalue weighted by Crippen LogP contribution is 2.27. The molecule has 0 aliphatic heterocycles. The van der Waals surface area contributed by atoms with Crippen LogP contribution in [0, 0.1) is 11.3 Å². The van der Waals surface area contributed by atoms with Crippen LogP contribution < -0.4 is 5.73 Å². The van der Waals surface area contributed by atoms with E-state index in [1.165, 1.54) is 13.3 Å². The number of hydrogen-bond acceptors (Lipinski definition) is 5. The zero-order valence-electron chi connectivity index (χ0n) is 14.5. The molecule has 4 rings (SSSR count). The Morgan fingerprint density at radius 1 is 1.22 bits per heavy atom. The van der Waals surface area contributed by atoms with E-state index in [0.29, 0.717) is 5.69 Å². The van der Waals surface area contributed by atoms with Crippen LogP contribution in [-0.2, 0) is 4.74 Å². The third-order valence-electron chi connectivity index (χ3n) is 4.33. The maximum atomic E-state index is 12.2. The summed E-state index contributed by atoms with van der Waals surface area (Å²) in [5, 5.41) is 9.26. The van der Waals surface area contributed by atoms with Gasteiger partial charge in [0.05, 0.1) is 24.1 Å². The van der Waals surface area contributed by atoms with Crippen LogP contribution in [0.1, 0.15) is 16.1 Å². The highest BCUT2D eigenvalue weighted by molar-refractivity contribution is 5.96. The van der Waals surface area contributed by atoms with Gasteiger partial charge >= 0.3 is 5.97 Å². The lowest BCUT2D eigenvalue weighted by Gasteiger charge is -2.09. The summed E-state index contributed by atoms with van der Waals surface area (Å²) in [5.74, 6) is -0.605. The lowest BCUT2D eigenvalue weighted by atomic mass is 10.1. The van der Waals surface area contributed by atoms with Gasteiger partial charge in [0.25, 0.3) is 0 Å². The molecule has 0 bridgehead atoms. The number of methoxy groups -OCH3 is 1. The molecule has 3 heterocycles. The molecule has 0 amide bonds. The molecule has 1 aromatic carbocycles. The molecule has 0 atom stereocenters. The number of nitrogens with two attached hydrogens (primary N) is 1. The van der Waals surface area contributed by atoms with Crippen molar-refractivity contribution in [2.75, 3.05) is 12.8 Å². The van der Waals surface area contributed by atoms with Crippen molar-refractivity contribution in [1.29, 1.82) is 5.26 Å². The van der Waals surface area contributed by atoms with Crippen LogP contribution in [0.3, 0.4) is 0 Å². The summed E-state index contributed by atoms with van der Waals surface area (Å²) in [4.78, 5) is 16.8. The largest absolute Gasteiger partial charge is 0.464 e. The Morgan fingerprint density at radius 3 is 2.81 bits per heavy atom. The minimum atomic E-state index is -0.605. The van der Waals surface area contributed by atoms with Gasteiger partial charge in [0, 0.05) is 29.8 Å². The van der Waals surface area contributed by atoms with E-state index in [2.05, 4.69) is 4.98 Å². The Hall–Kier alpha value is -4.05. The van der Waals surface area contributed by atoms with E-state index in [-0.39, 0.29) is 16.9 Å². The Bertz CT molecular complexity index is 1180. The van der Waals surface area contributed by atoms with Gasteiger partial charge in [-0.2, -0.15) is 5.26 Å². The van der Waals surface area contributed by atoms with Gasteiger partial charge in [-0.25, -0.2) is 9.78 Å². The number of nitrogen functional groups attached to an aromatic ring is 1. The van der Waals surface area contributed by atoms with Crippen molar-refractivity contribution in [3.8, 4) is 23.0 Å². The van der Waals surface area contributed by atoms with Crippen molar-refractivity contribution in [3.05, 3.63) is 72.3 Å². The zero-order valence-corrected chi connectivity index (χ0v) is 14.5. The van der Waals surface area contributed by atoms with E-state index in [1.807, 2.05) is 65.3 Å². The first kappa shape index (κ1) is 16.4. The van der Waals surface area contributed by atoms with Gasteiger partial charge in [-0.05, 0) is 24.3 Å². The van der Waals surface area contributed by atoms with Crippen LogP contribution in [0.5, 0.6) is 0 Å². The molecule has 7 nitrogen and oxygen atoms in total. The summed E-state index contributed by atoms with van der Waals surface area (Å²) < 4.78 is 8.33. The van der Waals surface area contributed by atoms with Crippen molar-refractivity contribution in [1.82, 2.24) is 14.0 Å². The molecule has 7 heteroatoms. The van der Waals surface area contributed by atoms with Crippen LogP contribution in [-0.4, -0.2) is 27.0 Å². The monoisotopic (exact) mass is 357 g/mol. The predicted molar refractivity (Wildman–Crippen MR) is 100 cm³/mol. The van der Waals surface area contributed by atoms with E-state index < -0.39 is 5.97 Å². The molecular formula is C20H15N5O2. The van der Waals surface area contributed by atoms with Gasteiger partial charge in [-0.15, -0.1) is 0 Å². The van der Waals surface area contributed by atoms with Crippen molar-refractivity contribution in [2.24, 2.45) is 0 Å². The average Bonchev–Trinajstić information content (AvgIpc) is 3.28. The Morgan fingerprint density at radius 2 is 2.07 bits per heavy atom. The Balaban J connectivity index is 1.86. The van der Waals surface area contributed by atoms with Crippen LogP contribution in [0.2, 0.25) is 0 Å². The third-order valence-corrected chi connectivity index (χ3v) is 4.33. The van der Waals surface area contributed by atoms with Crippen LogP contribution in [0.25, 0.3) is 22.6 Å². The topological polar surface area (TPSA) is 98.3 Å². The van der Waals surface area contributed by atoms with Crippen LogP contribution >= 0.6 is 0 Å².